The summed E-state index contributed by atoms with van der Waals surface area (Å²) in [6.07, 6.45) is 0. The fourth-order valence-corrected chi connectivity index (χ4v) is 3.31. The lowest BCUT2D eigenvalue weighted by atomic mass is 10.1. The molecule has 0 fully saturated rings. The van der Waals surface area contributed by atoms with Crippen molar-refractivity contribution in [1.82, 2.24) is 0 Å². The van der Waals surface area contributed by atoms with Crippen molar-refractivity contribution in [3.8, 4) is 16.2 Å². The Morgan fingerprint density at radius 3 is 2.68 bits per heavy atom. The van der Waals surface area contributed by atoms with E-state index in [1.165, 1.54) is 15.0 Å². The maximum atomic E-state index is 9.52. The third-order valence-electron chi connectivity index (χ3n) is 3.17. The molecule has 0 bridgehead atoms. The van der Waals surface area contributed by atoms with E-state index in [4.69, 9.17) is 4.74 Å². The third kappa shape index (κ3) is 2.23. The molecule has 0 saturated carbocycles. The Morgan fingerprint density at radius 1 is 1.11 bits per heavy atom. The highest BCUT2D eigenvalue weighted by molar-refractivity contribution is 7.22. The molecule has 0 atom stereocenters. The van der Waals surface area contributed by atoms with E-state index in [1.54, 1.807) is 18.4 Å². The van der Waals surface area contributed by atoms with Crippen molar-refractivity contribution in [2.24, 2.45) is 0 Å². The molecule has 0 aliphatic heterocycles. The van der Waals surface area contributed by atoms with E-state index < -0.39 is 0 Å². The average Bonchev–Trinajstić information content (AvgIpc) is 2.90. The van der Waals surface area contributed by atoms with Crippen LogP contribution in [0.25, 0.3) is 20.5 Å². The van der Waals surface area contributed by atoms with Gasteiger partial charge in [-0.05, 0) is 46.8 Å². The van der Waals surface area contributed by atoms with Crippen LogP contribution >= 0.6 is 11.3 Å². The lowest BCUT2D eigenvalue weighted by Gasteiger charge is -2.07. The molecular formula is C16H14O2S. The van der Waals surface area contributed by atoms with Crippen LogP contribution in [0.2, 0.25) is 0 Å². The number of methoxy groups -OCH3 is 1. The fraction of sp³-hybridized carbons (Fsp3) is 0.125. The van der Waals surface area contributed by atoms with Crippen molar-refractivity contribution in [2.45, 2.75) is 6.61 Å². The molecule has 0 aliphatic rings. The van der Waals surface area contributed by atoms with Gasteiger partial charge in [-0.1, -0.05) is 18.2 Å². The van der Waals surface area contributed by atoms with E-state index in [0.29, 0.717) is 0 Å². The van der Waals surface area contributed by atoms with Crippen molar-refractivity contribution >= 4 is 21.4 Å². The standard InChI is InChI=1S/C16H14O2S/c1-18-13-6-7-14(12(8-13)10-17)16-9-11-4-2-3-5-15(11)19-16/h2-9,17H,10H2,1H3. The Balaban J connectivity index is 2.15. The molecule has 3 aromatic rings. The summed E-state index contributed by atoms with van der Waals surface area (Å²) < 4.78 is 6.46. The molecule has 0 unspecified atom stereocenters. The molecule has 3 heteroatoms. The van der Waals surface area contributed by atoms with E-state index >= 15 is 0 Å². The number of aliphatic hydroxyl groups excluding tert-OH is 1. The van der Waals surface area contributed by atoms with E-state index in [-0.39, 0.29) is 6.61 Å². The number of benzene rings is 2. The predicted octanol–water partition coefficient (Wildman–Crippen LogP) is 4.07. The SMILES string of the molecule is COc1ccc(-c2cc3ccccc3s2)c(CO)c1. The lowest BCUT2D eigenvalue weighted by Crippen LogP contribution is -1.90. The van der Waals surface area contributed by atoms with Crippen molar-refractivity contribution in [1.29, 1.82) is 0 Å². The van der Waals surface area contributed by atoms with Crippen LogP contribution in [0.3, 0.4) is 0 Å². The van der Waals surface area contributed by atoms with Crippen LogP contribution in [0.1, 0.15) is 5.56 Å². The smallest absolute Gasteiger partial charge is 0.119 e. The van der Waals surface area contributed by atoms with Crippen LogP contribution in [-0.2, 0) is 6.61 Å². The zero-order valence-corrected chi connectivity index (χ0v) is 11.4. The third-order valence-corrected chi connectivity index (χ3v) is 4.32. The fourth-order valence-electron chi connectivity index (χ4n) is 2.18. The molecular weight excluding hydrogens is 256 g/mol. The van der Waals surface area contributed by atoms with Gasteiger partial charge in [-0.25, -0.2) is 0 Å². The summed E-state index contributed by atoms with van der Waals surface area (Å²) in [4.78, 5) is 1.17. The van der Waals surface area contributed by atoms with E-state index in [2.05, 4.69) is 18.2 Å². The predicted molar refractivity (Wildman–Crippen MR) is 79.7 cm³/mol. The Morgan fingerprint density at radius 2 is 1.95 bits per heavy atom. The zero-order chi connectivity index (χ0) is 13.2. The highest BCUT2D eigenvalue weighted by Gasteiger charge is 2.09. The van der Waals surface area contributed by atoms with Gasteiger partial charge in [-0.15, -0.1) is 11.3 Å². The van der Waals surface area contributed by atoms with Gasteiger partial charge in [-0.3, -0.25) is 0 Å². The topological polar surface area (TPSA) is 29.5 Å². The summed E-state index contributed by atoms with van der Waals surface area (Å²) in [5.41, 5.74) is 1.97. The molecule has 0 aliphatic carbocycles. The van der Waals surface area contributed by atoms with Crippen LogP contribution in [0.5, 0.6) is 5.75 Å². The molecule has 0 amide bonds. The maximum absolute atomic E-state index is 9.52. The first-order valence-electron chi connectivity index (χ1n) is 6.08. The minimum Gasteiger partial charge on any atom is -0.497 e. The van der Waals surface area contributed by atoms with E-state index in [9.17, 15) is 5.11 Å². The van der Waals surface area contributed by atoms with Gasteiger partial charge < -0.3 is 9.84 Å². The molecule has 0 spiro atoms. The van der Waals surface area contributed by atoms with E-state index in [1.807, 2.05) is 30.3 Å². The van der Waals surface area contributed by atoms with Gasteiger partial charge in [0, 0.05) is 9.58 Å². The molecule has 0 saturated heterocycles. The molecule has 1 aromatic heterocycles. The van der Waals surface area contributed by atoms with Crippen LogP contribution in [0.4, 0.5) is 0 Å². The minimum absolute atomic E-state index is 0.0147. The first-order chi connectivity index (χ1) is 9.31. The first kappa shape index (κ1) is 12.2. The van der Waals surface area contributed by atoms with Crippen molar-refractivity contribution in [3.63, 3.8) is 0 Å². The lowest BCUT2D eigenvalue weighted by molar-refractivity contribution is 0.281. The van der Waals surface area contributed by atoms with Crippen LogP contribution in [0.15, 0.2) is 48.5 Å². The molecule has 96 valence electrons. The van der Waals surface area contributed by atoms with Gasteiger partial charge in [0.15, 0.2) is 0 Å². The summed E-state index contributed by atoms with van der Waals surface area (Å²) >= 11 is 1.74. The molecule has 19 heavy (non-hydrogen) atoms. The minimum atomic E-state index is 0.0147. The van der Waals surface area contributed by atoms with Crippen LogP contribution < -0.4 is 4.74 Å². The largest absolute Gasteiger partial charge is 0.497 e. The van der Waals surface area contributed by atoms with Crippen molar-refractivity contribution < 1.29 is 9.84 Å². The van der Waals surface area contributed by atoms with E-state index in [0.717, 1.165) is 16.9 Å². The maximum Gasteiger partial charge on any atom is 0.119 e. The molecule has 1 heterocycles. The molecule has 2 aromatic carbocycles. The summed E-state index contributed by atoms with van der Waals surface area (Å²) in [6, 6.07) is 16.3. The number of ether oxygens (including phenoxy) is 1. The highest BCUT2D eigenvalue weighted by Crippen LogP contribution is 2.36. The molecule has 1 N–H and O–H groups in total. The summed E-state index contributed by atoms with van der Waals surface area (Å²) in [7, 11) is 1.63. The summed E-state index contributed by atoms with van der Waals surface area (Å²) in [5, 5.41) is 10.8. The normalized spacial score (nSPS) is 10.8. The second-order valence-electron chi connectivity index (χ2n) is 4.33. The highest BCUT2D eigenvalue weighted by atomic mass is 32.1. The van der Waals surface area contributed by atoms with Gasteiger partial charge in [0.05, 0.1) is 13.7 Å². The molecule has 3 rings (SSSR count). The Labute approximate surface area is 115 Å². The second-order valence-corrected chi connectivity index (χ2v) is 5.41. The quantitative estimate of drug-likeness (QED) is 0.777. The van der Waals surface area contributed by atoms with Gasteiger partial charge in [0.1, 0.15) is 5.75 Å². The number of hydrogen-bond acceptors (Lipinski definition) is 3. The average molecular weight is 270 g/mol. The van der Waals surface area contributed by atoms with Gasteiger partial charge in [0.25, 0.3) is 0 Å². The number of rotatable bonds is 3. The van der Waals surface area contributed by atoms with Gasteiger partial charge >= 0.3 is 0 Å². The van der Waals surface area contributed by atoms with Gasteiger partial charge in [-0.2, -0.15) is 0 Å². The summed E-state index contributed by atoms with van der Waals surface area (Å²) in [6.45, 7) is 0.0147. The van der Waals surface area contributed by atoms with Crippen LogP contribution in [0, 0.1) is 0 Å². The summed E-state index contributed by atoms with van der Waals surface area (Å²) in [5.74, 6) is 0.772. The number of aliphatic hydroxyl groups is 1. The van der Waals surface area contributed by atoms with Gasteiger partial charge in [0.2, 0.25) is 0 Å². The van der Waals surface area contributed by atoms with Crippen LogP contribution in [-0.4, -0.2) is 12.2 Å². The molecule has 2 nitrogen and oxygen atoms in total. The first-order valence-corrected chi connectivity index (χ1v) is 6.90. The zero-order valence-electron chi connectivity index (χ0n) is 10.6. The Bertz CT molecular complexity index is 683. The monoisotopic (exact) mass is 270 g/mol. The Hall–Kier alpha value is -1.84. The van der Waals surface area contributed by atoms with Crippen molar-refractivity contribution in [2.75, 3.05) is 7.11 Å². The molecule has 0 radical (unpaired) electrons. The Kier molecular flexibility index (Phi) is 3.23. The number of hydrogen-bond donors (Lipinski definition) is 1. The number of fused-ring (bicyclic) bond motifs is 1. The number of thiophene rings is 1. The second kappa shape index (κ2) is 5.03. The van der Waals surface area contributed by atoms with Crippen molar-refractivity contribution in [3.05, 3.63) is 54.1 Å².